The Hall–Kier alpha value is -3.52. The van der Waals surface area contributed by atoms with Crippen LogP contribution in [0.15, 0.2) is 36.4 Å². The molecule has 0 heterocycles. The van der Waals surface area contributed by atoms with Gasteiger partial charge in [0.2, 0.25) is 11.8 Å². The minimum absolute atomic E-state index is 0.159. The van der Waals surface area contributed by atoms with E-state index >= 15 is 0 Å². The lowest BCUT2D eigenvalue weighted by molar-refractivity contribution is -0.292. The Morgan fingerprint density at radius 2 is 1.73 bits per heavy atom. The van der Waals surface area contributed by atoms with Gasteiger partial charge in [0.05, 0.1) is 28.8 Å². The Morgan fingerprint density at radius 3 is 2.29 bits per heavy atom. The van der Waals surface area contributed by atoms with Gasteiger partial charge in [0.1, 0.15) is 17.8 Å². The lowest BCUT2D eigenvalue weighted by Crippen LogP contribution is -2.82. The highest BCUT2D eigenvalue weighted by Gasteiger charge is 2.80. The van der Waals surface area contributed by atoms with Gasteiger partial charge in [0.15, 0.2) is 17.2 Å². The molecular formula is C34H38ClF3N2O8. The molecule has 2 saturated carbocycles. The smallest absolute Gasteiger partial charge is 0.418 e. The van der Waals surface area contributed by atoms with Crippen molar-refractivity contribution in [3.63, 3.8) is 0 Å². The van der Waals surface area contributed by atoms with Crippen LogP contribution in [0.4, 0.5) is 18.9 Å². The van der Waals surface area contributed by atoms with Crippen LogP contribution >= 0.6 is 11.6 Å². The molecule has 0 bridgehead atoms. The average Bonchev–Trinajstić information content (AvgIpc) is 2.96. The Labute approximate surface area is 279 Å². The number of aliphatic hydroxyl groups excluding tert-OH is 2. The Balaban J connectivity index is 1.78. The first-order chi connectivity index (χ1) is 22.1. The number of nitrogens with one attached hydrogen (secondary N) is 1. The van der Waals surface area contributed by atoms with Crippen molar-refractivity contribution >= 4 is 40.7 Å². The van der Waals surface area contributed by atoms with E-state index in [2.05, 4.69) is 5.32 Å². The van der Waals surface area contributed by atoms with E-state index in [-0.39, 0.29) is 10.6 Å². The molecule has 3 aliphatic rings. The minimum atomic E-state index is -4.91. The van der Waals surface area contributed by atoms with Crippen molar-refractivity contribution in [3.8, 4) is 5.75 Å². The van der Waals surface area contributed by atoms with Crippen molar-refractivity contribution in [1.29, 1.82) is 0 Å². The first kappa shape index (κ1) is 35.8. The van der Waals surface area contributed by atoms with Gasteiger partial charge < -0.3 is 31.5 Å². The first-order valence-corrected chi connectivity index (χ1v) is 15.9. The number of carbonyl (C=O) groups is 4. The van der Waals surface area contributed by atoms with Gasteiger partial charge in [0, 0.05) is 16.9 Å². The number of rotatable bonds is 5. The molecule has 10 nitrogen and oxygen atoms in total. The predicted molar refractivity (Wildman–Crippen MR) is 167 cm³/mol. The second kappa shape index (κ2) is 11.5. The summed E-state index contributed by atoms with van der Waals surface area (Å²) in [6, 6.07) is 7.12. The van der Waals surface area contributed by atoms with E-state index in [1.165, 1.54) is 19.1 Å². The molecule has 0 spiro atoms. The molecule has 2 amide bonds. The number of aromatic hydroxyl groups is 1. The van der Waals surface area contributed by atoms with Crippen molar-refractivity contribution in [2.24, 2.45) is 46.2 Å². The number of phenolic OH excluding ortho intramolecular Hbond substituents is 1. The zero-order valence-electron chi connectivity index (χ0n) is 26.8. The summed E-state index contributed by atoms with van der Waals surface area (Å²) in [5.41, 5.74) is -2.59. The highest BCUT2D eigenvalue weighted by Crippen LogP contribution is 2.71. The number of amides is 2. The number of nitrogens with two attached hydrogens (primary N) is 1. The number of Topliss-reactive ketones (excluding diaryl/α,β-unsaturated/α-hetero) is 2. The van der Waals surface area contributed by atoms with E-state index in [0.717, 1.165) is 12.1 Å². The Morgan fingerprint density at radius 1 is 1.10 bits per heavy atom. The number of halogens is 4. The zero-order valence-corrected chi connectivity index (χ0v) is 27.6. The maximum absolute atomic E-state index is 14.3. The van der Waals surface area contributed by atoms with Gasteiger partial charge in [0.25, 0.3) is 0 Å². The van der Waals surface area contributed by atoms with Gasteiger partial charge in [-0.25, -0.2) is 0 Å². The predicted octanol–water partition coefficient (Wildman–Crippen LogP) is 4.06. The molecule has 0 radical (unpaired) electrons. The number of benzene rings is 2. The van der Waals surface area contributed by atoms with E-state index in [4.69, 9.17) is 17.3 Å². The lowest BCUT2D eigenvalue weighted by Gasteiger charge is -2.71. The van der Waals surface area contributed by atoms with Crippen LogP contribution in [0.1, 0.15) is 68.4 Å². The number of phenols is 1. The summed E-state index contributed by atoms with van der Waals surface area (Å²) in [5, 5.41) is 49.2. The van der Waals surface area contributed by atoms with Crippen LogP contribution in [0.25, 0.3) is 0 Å². The topological polar surface area (TPSA) is 187 Å². The maximum Gasteiger partial charge on any atom is 0.418 e. The van der Waals surface area contributed by atoms with Gasteiger partial charge >= 0.3 is 6.18 Å². The quantitative estimate of drug-likeness (QED) is 0.253. The molecule has 7 N–H and O–H groups in total. The van der Waals surface area contributed by atoms with Crippen LogP contribution in [-0.4, -0.2) is 61.6 Å². The molecule has 5 rings (SSSR count). The van der Waals surface area contributed by atoms with Gasteiger partial charge in [-0.05, 0) is 58.9 Å². The fraction of sp³-hybridized carbons (Fsp3) is 0.529. The molecule has 48 heavy (non-hydrogen) atoms. The number of hydrogen-bond acceptors (Lipinski definition) is 8. The first-order valence-electron chi connectivity index (χ1n) is 15.5. The van der Waals surface area contributed by atoms with Crippen LogP contribution in [0.3, 0.4) is 0 Å². The molecule has 0 saturated heterocycles. The summed E-state index contributed by atoms with van der Waals surface area (Å²) < 4.78 is 41.9. The molecule has 3 aliphatic carbocycles. The summed E-state index contributed by atoms with van der Waals surface area (Å²) in [6.07, 6.45) is -9.62. The van der Waals surface area contributed by atoms with Crippen LogP contribution < -0.4 is 11.1 Å². The molecular weight excluding hydrogens is 657 g/mol. The fourth-order valence-corrected chi connectivity index (χ4v) is 9.79. The van der Waals surface area contributed by atoms with Crippen molar-refractivity contribution in [2.45, 2.75) is 70.9 Å². The maximum atomic E-state index is 14.3. The van der Waals surface area contributed by atoms with Crippen molar-refractivity contribution < 1.29 is 52.8 Å². The van der Waals surface area contributed by atoms with Gasteiger partial charge in [-0.2, -0.15) is 13.2 Å². The Bertz CT molecular complexity index is 1720. The highest BCUT2D eigenvalue weighted by molar-refractivity contribution is 6.30. The average molecular weight is 695 g/mol. The Kier molecular flexibility index (Phi) is 8.60. The normalized spacial score (nSPS) is 36.2. The van der Waals surface area contributed by atoms with Crippen LogP contribution in [0.5, 0.6) is 5.75 Å². The SMILES string of the molecule is CC(C)[C@H]1C(O)[C@@H](C(N)=O)C(=O)[C@]2(O)C(O)[C@H]3C(=O)c4c(O)cccc4[C@@H](C)[C@]3(C)[C@@H](CC(=O)Nc3ccc(Cl)cc3C(F)(F)F)[C@]12C. The van der Waals surface area contributed by atoms with Crippen LogP contribution in [0, 0.1) is 40.4 Å². The third-order valence-corrected chi connectivity index (χ3v) is 12.0. The van der Waals surface area contributed by atoms with E-state index in [1.807, 2.05) is 0 Å². The highest BCUT2D eigenvalue weighted by atomic mass is 35.5. The number of fused-ring (bicyclic) bond motifs is 3. The third kappa shape index (κ3) is 4.72. The summed E-state index contributed by atoms with van der Waals surface area (Å²) in [4.78, 5) is 55.2. The van der Waals surface area contributed by atoms with Crippen molar-refractivity contribution in [1.82, 2.24) is 0 Å². The van der Waals surface area contributed by atoms with E-state index in [1.54, 1.807) is 33.8 Å². The van der Waals surface area contributed by atoms with Crippen molar-refractivity contribution in [2.75, 3.05) is 5.32 Å². The number of aliphatic hydroxyl groups is 3. The number of hydrogen-bond donors (Lipinski definition) is 6. The molecule has 2 aromatic carbocycles. The van der Waals surface area contributed by atoms with E-state index < -0.39 is 117 Å². The molecule has 2 aromatic rings. The summed E-state index contributed by atoms with van der Waals surface area (Å²) >= 11 is 5.82. The molecule has 2 unspecified atom stereocenters. The second-order valence-corrected chi connectivity index (χ2v) is 14.6. The molecule has 2 fully saturated rings. The third-order valence-electron chi connectivity index (χ3n) is 11.7. The summed E-state index contributed by atoms with van der Waals surface area (Å²) in [7, 11) is 0. The van der Waals surface area contributed by atoms with Crippen molar-refractivity contribution in [3.05, 3.63) is 58.1 Å². The number of primary amides is 1. The largest absolute Gasteiger partial charge is 0.507 e. The molecule has 0 aliphatic heterocycles. The molecule has 10 atom stereocenters. The van der Waals surface area contributed by atoms with Crippen LogP contribution in [0.2, 0.25) is 5.02 Å². The number of alkyl halides is 3. The van der Waals surface area contributed by atoms with Gasteiger partial charge in [-0.15, -0.1) is 0 Å². The standard InChI is InChI=1S/C34H38ClF3N2O8/c1-13(2)24-27(44)23(30(39)47)28(45)33(48)29(46)25-26(43)22-16(7-6-8-19(22)41)14(3)31(25,4)20(32(24,33)5)12-21(42)40-18-10-9-15(35)11-17(18)34(36,37)38/h6-11,13-14,20,23-25,27,29,41,44,46,48H,12H2,1-5H3,(H2,39,47)(H,40,42)/t14-,20-,23-,24+,25-,27?,29?,31-,32-,33+/m1/s1. The zero-order chi connectivity index (χ0) is 36.0. The summed E-state index contributed by atoms with van der Waals surface area (Å²) in [6.45, 7) is 7.92. The molecule has 260 valence electrons. The monoisotopic (exact) mass is 694 g/mol. The van der Waals surface area contributed by atoms with E-state index in [9.17, 15) is 52.8 Å². The fourth-order valence-electron chi connectivity index (χ4n) is 9.62. The number of carbonyl (C=O) groups excluding carboxylic acids is 4. The second-order valence-electron chi connectivity index (χ2n) is 14.2. The van der Waals surface area contributed by atoms with E-state index in [0.29, 0.717) is 11.6 Å². The summed E-state index contributed by atoms with van der Waals surface area (Å²) in [5.74, 6) is -12.5. The minimum Gasteiger partial charge on any atom is -0.507 e. The molecule has 14 heteroatoms. The van der Waals surface area contributed by atoms with Crippen LogP contribution in [-0.2, 0) is 20.6 Å². The number of anilines is 1. The lowest BCUT2D eigenvalue weighted by atomic mass is 9.33. The van der Waals surface area contributed by atoms with Gasteiger partial charge in [-0.3, -0.25) is 19.2 Å². The number of ketones is 2. The van der Waals surface area contributed by atoms with Gasteiger partial charge in [-0.1, -0.05) is 58.4 Å². The molecule has 0 aromatic heterocycles.